The van der Waals surface area contributed by atoms with Gasteiger partial charge in [0.1, 0.15) is 5.52 Å². The van der Waals surface area contributed by atoms with Crippen molar-refractivity contribution in [2.45, 2.75) is 0 Å². The summed E-state index contributed by atoms with van der Waals surface area (Å²) in [6.07, 6.45) is 3.23. The van der Waals surface area contributed by atoms with Gasteiger partial charge in [-0.25, -0.2) is 0 Å². The maximum atomic E-state index is 13.3. The van der Waals surface area contributed by atoms with Crippen LogP contribution in [0.1, 0.15) is 10.4 Å². The Kier molecular flexibility index (Phi) is 3.83. The number of rotatable bonds is 3. The first kappa shape index (κ1) is 17.2. The van der Waals surface area contributed by atoms with Crippen LogP contribution in [0.3, 0.4) is 0 Å². The summed E-state index contributed by atoms with van der Waals surface area (Å²) in [6, 6.07) is 16.0. The normalized spacial score (nSPS) is 20.8. The molecule has 0 saturated carbocycles. The van der Waals surface area contributed by atoms with E-state index in [4.69, 9.17) is 4.42 Å². The largest absolute Gasteiger partial charge is 0.423 e. The number of fused-ring (bicyclic) bond motifs is 2. The van der Waals surface area contributed by atoms with Gasteiger partial charge in [0.15, 0.2) is 5.58 Å². The number of carbonyl (C=O) groups is 1. The third-order valence-electron chi connectivity index (χ3n) is 6.10. The van der Waals surface area contributed by atoms with Crippen molar-refractivity contribution in [3.63, 3.8) is 0 Å². The summed E-state index contributed by atoms with van der Waals surface area (Å²) < 4.78 is 5.94. The first-order chi connectivity index (χ1) is 14.8. The molecule has 8 heteroatoms. The lowest BCUT2D eigenvalue weighted by atomic mass is 10.0. The van der Waals surface area contributed by atoms with Crippen LogP contribution in [0.15, 0.2) is 65.3 Å². The third-order valence-corrected chi connectivity index (χ3v) is 6.10. The number of nitrogens with zero attached hydrogens (tertiary/aromatic N) is 6. The van der Waals surface area contributed by atoms with Gasteiger partial charge in [0.05, 0.1) is 23.6 Å². The van der Waals surface area contributed by atoms with Crippen molar-refractivity contribution in [1.82, 2.24) is 24.9 Å². The molecule has 0 spiro atoms. The van der Waals surface area contributed by atoms with Crippen molar-refractivity contribution in [3.8, 4) is 5.69 Å². The zero-order valence-corrected chi connectivity index (χ0v) is 16.3. The van der Waals surface area contributed by atoms with Crippen molar-refractivity contribution in [1.29, 1.82) is 0 Å². The van der Waals surface area contributed by atoms with E-state index in [1.165, 1.54) is 4.80 Å². The van der Waals surface area contributed by atoms with Gasteiger partial charge in [-0.05, 0) is 24.3 Å². The summed E-state index contributed by atoms with van der Waals surface area (Å²) in [6.45, 7) is 3.18. The van der Waals surface area contributed by atoms with Crippen LogP contribution >= 0.6 is 0 Å². The van der Waals surface area contributed by atoms with Crippen molar-refractivity contribution < 1.29 is 9.21 Å². The molecule has 150 valence electrons. The number of hydrogen-bond donors (Lipinski definition) is 0. The number of aromatic nitrogens is 4. The van der Waals surface area contributed by atoms with E-state index in [0.29, 0.717) is 29.1 Å². The summed E-state index contributed by atoms with van der Waals surface area (Å²) in [4.78, 5) is 23.6. The van der Waals surface area contributed by atoms with E-state index in [9.17, 15) is 4.79 Å². The third kappa shape index (κ3) is 2.75. The second-order valence-electron chi connectivity index (χ2n) is 7.94. The van der Waals surface area contributed by atoms with Gasteiger partial charge in [-0.2, -0.15) is 20.0 Å². The van der Waals surface area contributed by atoms with Gasteiger partial charge in [-0.15, -0.1) is 0 Å². The van der Waals surface area contributed by atoms with Crippen molar-refractivity contribution >= 4 is 23.0 Å². The fraction of sp³-hybridized carbons (Fsp3) is 0.273. The molecular weight excluding hydrogens is 380 g/mol. The van der Waals surface area contributed by atoms with E-state index >= 15 is 0 Å². The number of anilines is 1. The smallest absolute Gasteiger partial charge is 0.298 e. The molecule has 8 nitrogen and oxygen atoms in total. The minimum atomic E-state index is 0.0331. The second-order valence-corrected chi connectivity index (χ2v) is 7.94. The molecule has 2 aliphatic rings. The second kappa shape index (κ2) is 6.69. The van der Waals surface area contributed by atoms with Crippen LogP contribution in [-0.2, 0) is 0 Å². The molecule has 1 amide bonds. The van der Waals surface area contributed by atoms with Gasteiger partial charge < -0.3 is 14.2 Å². The molecule has 2 fully saturated rings. The van der Waals surface area contributed by atoms with Gasteiger partial charge >= 0.3 is 0 Å². The zero-order valence-electron chi connectivity index (χ0n) is 16.3. The fourth-order valence-corrected chi connectivity index (χ4v) is 4.65. The highest BCUT2D eigenvalue weighted by Crippen LogP contribution is 2.35. The molecule has 2 saturated heterocycles. The molecule has 0 radical (unpaired) electrons. The van der Waals surface area contributed by atoms with Crippen LogP contribution in [0.2, 0.25) is 0 Å². The molecule has 30 heavy (non-hydrogen) atoms. The van der Waals surface area contributed by atoms with Gasteiger partial charge in [-0.1, -0.05) is 24.3 Å². The number of likely N-dealkylation sites (tertiary alicyclic amines) is 1. The van der Waals surface area contributed by atoms with E-state index in [-0.39, 0.29) is 5.91 Å². The van der Waals surface area contributed by atoms with Crippen molar-refractivity contribution in [3.05, 3.63) is 66.5 Å². The Balaban J connectivity index is 1.19. The fourth-order valence-electron chi connectivity index (χ4n) is 4.65. The molecule has 2 unspecified atom stereocenters. The van der Waals surface area contributed by atoms with Crippen LogP contribution in [0.25, 0.3) is 16.8 Å². The van der Waals surface area contributed by atoms with Crippen molar-refractivity contribution in [2.24, 2.45) is 11.8 Å². The number of hydrogen-bond acceptors (Lipinski definition) is 6. The molecule has 4 heterocycles. The monoisotopic (exact) mass is 400 g/mol. The topological polar surface area (TPSA) is 80.3 Å². The average molecular weight is 400 g/mol. The summed E-state index contributed by atoms with van der Waals surface area (Å²) >= 11 is 0. The number of oxazole rings is 1. The summed E-state index contributed by atoms with van der Waals surface area (Å²) in [5, 5.41) is 8.37. The number of amides is 1. The van der Waals surface area contributed by atoms with Crippen LogP contribution in [0.4, 0.5) is 6.01 Å². The molecule has 0 N–H and O–H groups in total. The van der Waals surface area contributed by atoms with E-state index in [2.05, 4.69) is 20.1 Å². The standard InChI is InChI=1S/C22H20N6O2/c29-21(17-5-1-3-7-19(17)28-23-9-10-24-28)26-11-15-13-27(14-16(15)12-26)22-25-18-6-2-4-8-20(18)30-22/h1-10,15-16H,11-14H2. The summed E-state index contributed by atoms with van der Waals surface area (Å²) in [5.41, 5.74) is 3.03. The Morgan fingerprint density at radius 1 is 0.900 bits per heavy atom. The summed E-state index contributed by atoms with van der Waals surface area (Å²) in [5.74, 6) is 0.864. The lowest BCUT2D eigenvalue weighted by Gasteiger charge is -2.21. The first-order valence-corrected chi connectivity index (χ1v) is 10.1. The Bertz CT molecular complexity index is 1170. The lowest BCUT2D eigenvalue weighted by Crippen LogP contribution is -2.34. The van der Waals surface area contributed by atoms with Gasteiger partial charge in [0.2, 0.25) is 0 Å². The predicted octanol–water partition coefficient (Wildman–Crippen LogP) is 2.62. The number of benzene rings is 2. The minimum Gasteiger partial charge on any atom is -0.423 e. The van der Waals surface area contributed by atoms with Crippen LogP contribution in [0.5, 0.6) is 0 Å². The molecule has 0 aliphatic carbocycles. The highest BCUT2D eigenvalue weighted by Gasteiger charge is 2.43. The molecule has 2 atom stereocenters. The highest BCUT2D eigenvalue weighted by molar-refractivity contribution is 5.98. The lowest BCUT2D eigenvalue weighted by molar-refractivity contribution is 0.0782. The molecule has 2 aliphatic heterocycles. The van der Waals surface area contributed by atoms with Gasteiger partial charge in [0.25, 0.3) is 11.9 Å². The Labute approximate surface area is 172 Å². The van der Waals surface area contributed by atoms with Gasteiger partial charge in [0, 0.05) is 38.0 Å². The van der Waals surface area contributed by atoms with Crippen LogP contribution < -0.4 is 4.90 Å². The van der Waals surface area contributed by atoms with E-state index < -0.39 is 0 Å². The van der Waals surface area contributed by atoms with Crippen LogP contribution in [0, 0.1) is 11.8 Å². The van der Waals surface area contributed by atoms with Gasteiger partial charge in [-0.3, -0.25) is 4.79 Å². The molecule has 0 bridgehead atoms. The van der Waals surface area contributed by atoms with E-state index in [1.807, 2.05) is 53.4 Å². The number of carbonyl (C=O) groups excluding carboxylic acids is 1. The highest BCUT2D eigenvalue weighted by atomic mass is 16.4. The van der Waals surface area contributed by atoms with Crippen molar-refractivity contribution in [2.75, 3.05) is 31.1 Å². The Morgan fingerprint density at radius 3 is 2.37 bits per heavy atom. The minimum absolute atomic E-state index is 0.0331. The predicted molar refractivity (Wildman–Crippen MR) is 110 cm³/mol. The van der Waals surface area contributed by atoms with E-state index in [0.717, 1.165) is 37.3 Å². The maximum Gasteiger partial charge on any atom is 0.298 e. The van der Waals surface area contributed by atoms with Crippen LogP contribution in [-0.4, -0.2) is 57.0 Å². The summed E-state index contributed by atoms with van der Waals surface area (Å²) in [7, 11) is 0. The Hall–Kier alpha value is -3.68. The average Bonchev–Trinajstić information content (AvgIpc) is 3.55. The quantitative estimate of drug-likeness (QED) is 0.526. The molecule has 2 aromatic heterocycles. The Morgan fingerprint density at radius 2 is 1.60 bits per heavy atom. The molecular formula is C22H20N6O2. The zero-order chi connectivity index (χ0) is 20.1. The molecule has 6 rings (SSSR count). The molecule has 2 aromatic carbocycles. The SMILES string of the molecule is O=C(c1ccccc1-n1nccn1)N1CC2CN(c3nc4ccccc4o3)CC2C1. The van der Waals surface area contributed by atoms with E-state index in [1.54, 1.807) is 12.4 Å². The molecule has 4 aromatic rings. The maximum absolute atomic E-state index is 13.3. The first-order valence-electron chi connectivity index (χ1n) is 10.1. The number of para-hydroxylation sites is 3.